The standard InChI is InChI=1S/C26H27N5O3S/c1-17(29-22(32)14-7-9-18-10-8-16-35-18)24(33)26(27)25(34)31(2)21-13-4-3-11-19(21)23(30-26)20-12-5-6-15-28-20/h3-6,8,10-13,15-17H,7,9,14,27H2,1-2H3,(H,29,32)/t17-,26?/m0/s1. The third-order valence-corrected chi connectivity index (χ3v) is 6.84. The Hall–Kier alpha value is -3.69. The molecule has 0 aliphatic carbocycles. The van der Waals surface area contributed by atoms with E-state index in [4.69, 9.17) is 5.73 Å². The molecule has 1 aliphatic heterocycles. The molecule has 0 saturated heterocycles. The van der Waals surface area contributed by atoms with Crippen LogP contribution in [0.15, 0.2) is 71.2 Å². The number of hydrogen-bond donors (Lipinski definition) is 2. The first-order valence-electron chi connectivity index (χ1n) is 11.3. The van der Waals surface area contributed by atoms with E-state index in [2.05, 4.69) is 15.3 Å². The summed E-state index contributed by atoms with van der Waals surface area (Å²) < 4.78 is 0. The third-order valence-electron chi connectivity index (χ3n) is 5.90. The lowest BCUT2D eigenvalue weighted by Crippen LogP contribution is -2.63. The van der Waals surface area contributed by atoms with E-state index in [1.165, 1.54) is 16.7 Å². The number of thiophene rings is 1. The van der Waals surface area contributed by atoms with Crippen molar-refractivity contribution in [2.75, 3.05) is 11.9 Å². The van der Waals surface area contributed by atoms with Crippen molar-refractivity contribution in [3.8, 4) is 0 Å². The van der Waals surface area contributed by atoms with Crippen molar-refractivity contribution in [3.63, 3.8) is 0 Å². The van der Waals surface area contributed by atoms with Gasteiger partial charge in [0, 0.05) is 30.1 Å². The molecule has 180 valence electrons. The van der Waals surface area contributed by atoms with Crippen LogP contribution >= 0.6 is 11.3 Å². The number of nitrogens with two attached hydrogens (primary N) is 1. The minimum absolute atomic E-state index is 0.259. The van der Waals surface area contributed by atoms with Gasteiger partial charge >= 0.3 is 0 Å². The van der Waals surface area contributed by atoms with Gasteiger partial charge in [0.25, 0.3) is 5.91 Å². The van der Waals surface area contributed by atoms with Gasteiger partial charge in [-0.15, -0.1) is 11.3 Å². The summed E-state index contributed by atoms with van der Waals surface area (Å²) >= 11 is 1.64. The van der Waals surface area contributed by atoms with Crippen molar-refractivity contribution in [1.29, 1.82) is 0 Å². The Bertz CT molecular complexity index is 1260. The maximum Gasteiger partial charge on any atom is 0.277 e. The van der Waals surface area contributed by atoms with Crippen molar-refractivity contribution in [2.45, 2.75) is 37.9 Å². The van der Waals surface area contributed by atoms with E-state index in [0.717, 1.165) is 6.42 Å². The first-order valence-corrected chi connectivity index (χ1v) is 12.2. The maximum absolute atomic E-state index is 13.5. The molecule has 0 radical (unpaired) electrons. The van der Waals surface area contributed by atoms with Crippen LogP contribution in [-0.4, -0.2) is 47.0 Å². The van der Waals surface area contributed by atoms with Gasteiger partial charge in [0.2, 0.25) is 17.4 Å². The van der Waals surface area contributed by atoms with E-state index < -0.39 is 23.4 Å². The quantitative estimate of drug-likeness (QED) is 0.472. The Morgan fingerprint density at radius 3 is 2.63 bits per heavy atom. The van der Waals surface area contributed by atoms with Crippen molar-refractivity contribution in [1.82, 2.24) is 10.3 Å². The zero-order valence-electron chi connectivity index (χ0n) is 19.6. The molecule has 1 aromatic carbocycles. The second kappa shape index (κ2) is 10.3. The summed E-state index contributed by atoms with van der Waals surface area (Å²) in [5.74, 6) is -1.65. The second-order valence-corrected chi connectivity index (χ2v) is 9.44. The highest BCUT2D eigenvalue weighted by Crippen LogP contribution is 2.30. The first-order chi connectivity index (χ1) is 16.8. The van der Waals surface area contributed by atoms with Crippen molar-refractivity contribution >= 4 is 40.3 Å². The molecule has 1 unspecified atom stereocenters. The number of Topliss-reactive ketones (excluding diaryl/α,β-unsaturated/α-hetero) is 1. The monoisotopic (exact) mass is 489 g/mol. The molecule has 0 fully saturated rings. The van der Waals surface area contributed by atoms with Gasteiger partial charge in [-0.25, -0.2) is 4.99 Å². The topological polar surface area (TPSA) is 118 Å². The molecular formula is C26H27N5O3S. The number of fused-ring (bicyclic) bond motifs is 1. The zero-order chi connectivity index (χ0) is 25.0. The van der Waals surface area contributed by atoms with Crippen LogP contribution in [0, 0.1) is 0 Å². The second-order valence-electron chi connectivity index (χ2n) is 8.41. The van der Waals surface area contributed by atoms with Crippen molar-refractivity contribution in [2.24, 2.45) is 10.7 Å². The molecular weight excluding hydrogens is 462 g/mol. The number of carbonyl (C=O) groups excluding carboxylic acids is 3. The number of likely N-dealkylation sites (N-methyl/N-ethyl adjacent to an activating group) is 1. The number of pyridine rings is 1. The van der Waals surface area contributed by atoms with Gasteiger partial charge in [-0.1, -0.05) is 30.3 Å². The van der Waals surface area contributed by atoms with Gasteiger partial charge in [-0.2, -0.15) is 0 Å². The average Bonchev–Trinajstić information content (AvgIpc) is 3.37. The van der Waals surface area contributed by atoms with Crippen LogP contribution in [0.25, 0.3) is 0 Å². The van der Waals surface area contributed by atoms with E-state index in [1.54, 1.807) is 54.9 Å². The predicted octanol–water partition coefficient (Wildman–Crippen LogP) is 2.71. The first kappa shape index (κ1) is 24.4. The van der Waals surface area contributed by atoms with Gasteiger partial charge in [0.15, 0.2) is 0 Å². The maximum atomic E-state index is 13.5. The number of aromatic nitrogens is 1. The normalized spacial score (nSPS) is 18.3. The number of rotatable bonds is 8. The number of carbonyl (C=O) groups is 3. The van der Waals surface area contributed by atoms with Gasteiger partial charge in [0.1, 0.15) is 0 Å². The van der Waals surface area contributed by atoms with Gasteiger partial charge < -0.3 is 10.2 Å². The summed E-state index contributed by atoms with van der Waals surface area (Å²) in [7, 11) is 1.56. The molecule has 3 aromatic rings. The van der Waals surface area contributed by atoms with Crippen LogP contribution in [0.2, 0.25) is 0 Å². The predicted molar refractivity (Wildman–Crippen MR) is 137 cm³/mol. The largest absolute Gasteiger partial charge is 0.346 e. The fourth-order valence-corrected chi connectivity index (χ4v) is 4.81. The molecule has 9 heteroatoms. The van der Waals surface area contributed by atoms with Crippen LogP contribution in [-0.2, 0) is 20.8 Å². The number of benzodiazepines with no additional fused rings is 1. The highest BCUT2D eigenvalue weighted by molar-refractivity contribution is 7.09. The summed E-state index contributed by atoms with van der Waals surface area (Å²) in [5, 5.41) is 4.69. The molecule has 35 heavy (non-hydrogen) atoms. The fraction of sp³-hybridized carbons (Fsp3) is 0.269. The lowest BCUT2D eigenvalue weighted by Gasteiger charge is -2.28. The minimum atomic E-state index is -2.23. The molecule has 0 spiro atoms. The third kappa shape index (κ3) is 5.06. The highest BCUT2D eigenvalue weighted by atomic mass is 32.1. The Labute approximate surface area is 207 Å². The van der Waals surface area contributed by atoms with Crippen LogP contribution in [0.1, 0.15) is 35.9 Å². The van der Waals surface area contributed by atoms with Gasteiger partial charge in [-0.3, -0.25) is 25.1 Å². The van der Waals surface area contributed by atoms with Gasteiger partial charge in [0.05, 0.1) is 23.1 Å². The summed E-state index contributed by atoms with van der Waals surface area (Å²) in [6.07, 6.45) is 3.30. The van der Waals surface area contributed by atoms with E-state index >= 15 is 0 Å². The number of nitrogens with one attached hydrogen (secondary N) is 1. The lowest BCUT2D eigenvalue weighted by molar-refractivity contribution is -0.136. The van der Waals surface area contributed by atoms with E-state index in [1.807, 2.05) is 29.6 Å². The number of para-hydroxylation sites is 1. The Morgan fingerprint density at radius 1 is 1.14 bits per heavy atom. The smallest absolute Gasteiger partial charge is 0.277 e. The molecule has 1 aliphatic rings. The molecule has 2 aromatic heterocycles. The Kier molecular flexibility index (Phi) is 7.18. The SMILES string of the molecule is C[C@H](NC(=O)CCCc1cccs1)C(=O)C1(N)N=C(c2ccccn2)c2ccccc2N(C)C1=O. The van der Waals surface area contributed by atoms with Crippen LogP contribution < -0.4 is 16.0 Å². The van der Waals surface area contributed by atoms with Crippen molar-refractivity contribution < 1.29 is 14.4 Å². The molecule has 8 nitrogen and oxygen atoms in total. The number of hydrogen-bond acceptors (Lipinski definition) is 7. The highest BCUT2D eigenvalue weighted by Gasteiger charge is 2.48. The lowest BCUT2D eigenvalue weighted by atomic mass is 9.98. The number of amides is 2. The van der Waals surface area contributed by atoms with Crippen LogP contribution in [0.5, 0.6) is 0 Å². The summed E-state index contributed by atoms with van der Waals surface area (Å²) in [4.78, 5) is 51.0. The Balaban J connectivity index is 1.59. The number of aliphatic imine (C=N–C) groups is 1. The average molecular weight is 490 g/mol. The van der Waals surface area contributed by atoms with E-state index in [-0.39, 0.29) is 12.3 Å². The summed E-state index contributed by atoms with van der Waals surface area (Å²) in [6.45, 7) is 1.52. The molecule has 2 amide bonds. The number of benzene rings is 1. The van der Waals surface area contributed by atoms with E-state index in [0.29, 0.717) is 29.1 Å². The van der Waals surface area contributed by atoms with Crippen molar-refractivity contribution in [3.05, 3.63) is 82.3 Å². The number of aryl methyl sites for hydroxylation is 1. The molecule has 3 heterocycles. The molecule has 2 atom stereocenters. The van der Waals surface area contributed by atoms with Crippen LogP contribution in [0.3, 0.4) is 0 Å². The minimum Gasteiger partial charge on any atom is -0.346 e. The molecule has 4 rings (SSSR count). The van der Waals surface area contributed by atoms with E-state index in [9.17, 15) is 14.4 Å². The molecule has 3 N–H and O–H groups in total. The number of ketones is 1. The number of nitrogens with zero attached hydrogens (tertiary/aromatic N) is 3. The zero-order valence-corrected chi connectivity index (χ0v) is 20.4. The summed E-state index contributed by atoms with van der Waals surface area (Å²) in [6, 6.07) is 15.5. The summed E-state index contributed by atoms with van der Waals surface area (Å²) in [5.41, 5.74) is 6.26. The van der Waals surface area contributed by atoms with Crippen LogP contribution in [0.4, 0.5) is 5.69 Å². The van der Waals surface area contributed by atoms with Gasteiger partial charge in [-0.05, 0) is 49.4 Å². The fourth-order valence-electron chi connectivity index (χ4n) is 4.06. The Morgan fingerprint density at radius 2 is 1.91 bits per heavy atom. The molecule has 0 saturated carbocycles. The number of anilines is 1. The molecule has 0 bridgehead atoms.